The SMILES string of the molecule is C#CC(=O)N(Cc1ccccc1)c1cc(C)ccc1C(=O)C(C)C. The molecule has 0 bridgehead atoms. The Morgan fingerprint density at radius 1 is 1.12 bits per heavy atom. The third-order valence-corrected chi connectivity index (χ3v) is 3.79. The second-order valence-electron chi connectivity index (χ2n) is 6.06. The molecule has 0 radical (unpaired) electrons. The minimum Gasteiger partial charge on any atom is -0.296 e. The van der Waals surface area contributed by atoms with E-state index in [9.17, 15) is 9.59 Å². The van der Waals surface area contributed by atoms with Crippen LogP contribution in [-0.4, -0.2) is 11.7 Å². The number of hydrogen-bond acceptors (Lipinski definition) is 2. The molecule has 0 saturated heterocycles. The van der Waals surface area contributed by atoms with Crippen LogP contribution < -0.4 is 4.90 Å². The minimum atomic E-state index is -0.456. The van der Waals surface area contributed by atoms with Crippen molar-refractivity contribution >= 4 is 17.4 Å². The van der Waals surface area contributed by atoms with Crippen LogP contribution in [-0.2, 0) is 11.3 Å². The first-order valence-electron chi connectivity index (χ1n) is 7.91. The molecule has 0 saturated carbocycles. The normalized spacial score (nSPS) is 10.3. The van der Waals surface area contributed by atoms with Gasteiger partial charge in [0.05, 0.1) is 12.2 Å². The number of nitrogens with zero attached hydrogens (tertiary/aromatic N) is 1. The van der Waals surface area contributed by atoms with Crippen molar-refractivity contribution in [2.45, 2.75) is 27.3 Å². The van der Waals surface area contributed by atoms with E-state index in [0.717, 1.165) is 11.1 Å². The highest BCUT2D eigenvalue weighted by Gasteiger charge is 2.22. The topological polar surface area (TPSA) is 37.4 Å². The number of hydrogen-bond donors (Lipinski definition) is 0. The lowest BCUT2D eigenvalue weighted by Gasteiger charge is -2.24. The van der Waals surface area contributed by atoms with Crippen LogP contribution in [0.25, 0.3) is 0 Å². The van der Waals surface area contributed by atoms with Gasteiger partial charge >= 0.3 is 5.91 Å². The number of carbonyl (C=O) groups is 2. The summed E-state index contributed by atoms with van der Waals surface area (Å²) in [5, 5.41) is 0. The Bertz CT molecular complexity index is 785. The number of aryl methyl sites for hydroxylation is 1. The molecule has 0 aromatic heterocycles. The molecular formula is C21H21NO2. The largest absolute Gasteiger partial charge is 0.302 e. The highest BCUT2D eigenvalue weighted by Crippen LogP contribution is 2.26. The second kappa shape index (κ2) is 7.61. The fourth-order valence-electron chi connectivity index (χ4n) is 2.49. The van der Waals surface area contributed by atoms with Gasteiger partial charge in [-0.2, -0.15) is 0 Å². The van der Waals surface area contributed by atoms with Crippen molar-refractivity contribution < 1.29 is 9.59 Å². The molecule has 0 aliphatic carbocycles. The minimum absolute atomic E-state index is 0.00659. The molecule has 2 aromatic rings. The van der Waals surface area contributed by atoms with Crippen LogP contribution in [0.15, 0.2) is 48.5 Å². The lowest BCUT2D eigenvalue weighted by molar-refractivity contribution is -0.113. The Morgan fingerprint density at radius 2 is 1.79 bits per heavy atom. The van der Waals surface area contributed by atoms with Gasteiger partial charge in [0.15, 0.2) is 5.78 Å². The average Bonchev–Trinajstić information content (AvgIpc) is 2.59. The summed E-state index contributed by atoms with van der Waals surface area (Å²) in [6.07, 6.45) is 5.36. The van der Waals surface area contributed by atoms with Gasteiger partial charge in [-0.3, -0.25) is 14.5 Å². The van der Waals surface area contributed by atoms with Crippen molar-refractivity contribution in [1.29, 1.82) is 0 Å². The van der Waals surface area contributed by atoms with E-state index in [1.54, 1.807) is 6.07 Å². The molecule has 24 heavy (non-hydrogen) atoms. The molecule has 0 spiro atoms. The predicted octanol–water partition coefficient (Wildman–Crippen LogP) is 4.00. The third-order valence-electron chi connectivity index (χ3n) is 3.79. The first kappa shape index (κ1) is 17.5. The van der Waals surface area contributed by atoms with E-state index in [0.29, 0.717) is 17.8 Å². The molecule has 0 N–H and O–H groups in total. The zero-order valence-corrected chi connectivity index (χ0v) is 14.2. The quantitative estimate of drug-likeness (QED) is 0.617. The number of benzene rings is 2. The number of rotatable bonds is 5. The Kier molecular flexibility index (Phi) is 5.55. The average molecular weight is 319 g/mol. The van der Waals surface area contributed by atoms with Crippen molar-refractivity contribution in [3.05, 3.63) is 65.2 Å². The fraction of sp³-hybridized carbons (Fsp3) is 0.238. The molecule has 1 amide bonds. The number of amides is 1. The molecule has 0 aliphatic heterocycles. The Hall–Kier alpha value is -2.86. The summed E-state index contributed by atoms with van der Waals surface area (Å²) in [5.74, 6) is 1.55. The molecule has 3 heteroatoms. The number of carbonyl (C=O) groups excluding carboxylic acids is 2. The summed E-state index contributed by atoms with van der Waals surface area (Å²) in [6.45, 7) is 5.94. The Labute approximate surface area is 143 Å². The third kappa shape index (κ3) is 3.91. The van der Waals surface area contributed by atoms with E-state index >= 15 is 0 Å². The summed E-state index contributed by atoms with van der Waals surface area (Å²) in [5.41, 5.74) is 3.01. The number of Topliss-reactive ketones (excluding diaryl/α,β-unsaturated/α-hetero) is 1. The van der Waals surface area contributed by atoms with Gasteiger partial charge in [-0.25, -0.2) is 0 Å². The molecule has 3 nitrogen and oxygen atoms in total. The van der Waals surface area contributed by atoms with Crippen LogP contribution >= 0.6 is 0 Å². The van der Waals surface area contributed by atoms with Crippen LogP contribution in [0.5, 0.6) is 0 Å². The standard InChI is InChI=1S/C21H21NO2/c1-5-20(23)22(14-17-9-7-6-8-10-17)19-13-16(4)11-12-18(19)21(24)15(2)3/h1,6-13,15H,14H2,2-4H3. The van der Waals surface area contributed by atoms with Gasteiger partial charge in [-0.1, -0.05) is 50.2 Å². The van der Waals surface area contributed by atoms with Crippen molar-refractivity contribution in [1.82, 2.24) is 0 Å². The highest BCUT2D eigenvalue weighted by molar-refractivity contribution is 6.11. The van der Waals surface area contributed by atoms with Crippen LogP contribution in [0.4, 0.5) is 5.69 Å². The summed E-state index contributed by atoms with van der Waals surface area (Å²) in [7, 11) is 0. The smallest absolute Gasteiger partial charge is 0.296 e. The summed E-state index contributed by atoms with van der Waals surface area (Å²) in [4.78, 5) is 26.4. The molecule has 122 valence electrons. The maximum Gasteiger partial charge on any atom is 0.302 e. The predicted molar refractivity (Wildman–Crippen MR) is 96.8 cm³/mol. The lowest BCUT2D eigenvalue weighted by Crippen LogP contribution is -2.31. The molecule has 2 aromatic carbocycles. The molecule has 2 rings (SSSR count). The van der Waals surface area contributed by atoms with Gasteiger partial charge in [0, 0.05) is 11.5 Å². The van der Waals surface area contributed by atoms with Crippen molar-refractivity contribution in [3.63, 3.8) is 0 Å². The van der Waals surface area contributed by atoms with E-state index in [1.807, 2.05) is 63.2 Å². The zero-order valence-electron chi connectivity index (χ0n) is 14.2. The lowest BCUT2D eigenvalue weighted by atomic mass is 9.97. The van der Waals surface area contributed by atoms with Crippen molar-refractivity contribution in [2.75, 3.05) is 4.90 Å². The second-order valence-corrected chi connectivity index (χ2v) is 6.06. The van der Waals surface area contributed by atoms with Gasteiger partial charge in [-0.05, 0) is 36.1 Å². The van der Waals surface area contributed by atoms with Gasteiger partial charge in [0.1, 0.15) is 0 Å². The van der Waals surface area contributed by atoms with Crippen molar-refractivity contribution in [3.8, 4) is 12.3 Å². The Morgan fingerprint density at radius 3 is 2.38 bits per heavy atom. The molecule has 0 atom stereocenters. The zero-order chi connectivity index (χ0) is 17.7. The molecule has 0 aliphatic rings. The highest BCUT2D eigenvalue weighted by atomic mass is 16.2. The van der Waals surface area contributed by atoms with Crippen LogP contribution in [0.2, 0.25) is 0 Å². The molecule has 0 fully saturated rings. The van der Waals surface area contributed by atoms with Crippen LogP contribution in [0.3, 0.4) is 0 Å². The molecule has 0 heterocycles. The maximum atomic E-state index is 12.6. The summed E-state index contributed by atoms with van der Waals surface area (Å²) < 4.78 is 0. The number of ketones is 1. The summed E-state index contributed by atoms with van der Waals surface area (Å²) >= 11 is 0. The number of terminal acetylenes is 1. The van der Waals surface area contributed by atoms with Crippen LogP contribution in [0, 0.1) is 25.2 Å². The van der Waals surface area contributed by atoms with Gasteiger partial charge < -0.3 is 0 Å². The molecular weight excluding hydrogens is 298 g/mol. The van der Waals surface area contributed by atoms with E-state index in [4.69, 9.17) is 6.42 Å². The van der Waals surface area contributed by atoms with Crippen LogP contribution in [0.1, 0.15) is 35.3 Å². The monoisotopic (exact) mass is 319 g/mol. The van der Waals surface area contributed by atoms with E-state index in [1.165, 1.54) is 4.90 Å². The first-order valence-corrected chi connectivity index (χ1v) is 7.91. The van der Waals surface area contributed by atoms with Gasteiger partial charge in [0.2, 0.25) is 0 Å². The number of anilines is 1. The van der Waals surface area contributed by atoms with Gasteiger partial charge in [0.25, 0.3) is 0 Å². The maximum absolute atomic E-state index is 12.6. The van der Waals surface area contributed by atoms with Gasteiger partial charge in [-0.15, -0.1) is 6.42 Å². The molecule has 0 unspecified atom stereocenters. The Balaban J connectivity index is 2.54. The first-order chi connectivity index (χ1) is 11.4. The fourth-order valence-corrected chi connectivity index (χ4v) is 2.49. The van der Waals surface area contributed by atoms with E-state index in [-0.39, 0.29) is 11.7 Å². The van der Waals surface area contributed by atoms with E-state index < -0.39 is 5.91 Å². The van der Waals surface area contributed by atoms with E-state index in [2.05, 4.69) is 5.92 Å². The van der Waals surface area contributed by atoms with Crippen molar-refractivity contribution in [2.24, 2.45) is 5.92 Å². The summed E-state index contributed by atoms with van der Waals surface area (Å²) in [6, 6.07) is 15.1.